The van der Waals surface area contributed by atoms with Crippen molar-refractivity contribution in [3.8, 4) is 0 Å². The molecule has 2 aromatic carbocycles. The van der Waals surface area contributed by atoms with Crippen LogP contribution in [-0.4, -0.2) is 12.6 Å². The van der Waals surface area contributed by atoms with Gasteiger partial charge in [0, 0.05) is 6.54 Å². The Balaban J connectivity index is 1.53. The van der Waals surface area contributed by atoms with Crippen LogP contribution in [0.25, 0.3) is 0 Å². The van der Waals surface area contributed by atoms with Crippen molar-refractivity contribution in [1.29, 1.82) is 0 Å². The summed E-state index contributed by atoms with van der Waals surface area (Å²) >= 11 is 0. The number of carbonyl (C=O) groups excluding carboxylic acids is 1. The van der Waals surface area contributed by atoms with E-state index in [1.807, 2.05) is 0 Å². The lowest BCUT2D eigenvalue weighted by molar-refractivity contribution is 0.237. The standard InChI is InChI=1S/C23H30N2O/c1-3-22(21-12-11-19-9-4-5-10-20(19)16-21)25-23(26)24-14-13-18-8-6-7-17(2)15-18/h6-8,11-12,15-16,22H,3-5,9-10,13-14H2,1-2H3,(H2,24,25,26). The molecule has 3 nitrogen and oxygen atoms in total. The van der Waals surface area contributed by atoms with Crippen LogP contribution in [0.4, 0.5) is 4.79 Å². The first-order valence-corrected chi connectivity index (χ1v) is 9.87. The van der Waals surface area contributed by atoms with Crippen LogP contribution in [0.5, 0.6) is 0 Å². The minimum atomic E-state index is -0.0813. The lowest BCUT2D eigenvalue weighted by Gasteiger charge is -2.22. The van der Waals surface area contributed by atoms with Gasteiger partial charge >= 0.3 is 6.03 Å². The Hall–Kier alpha value is -2.29. The number of aryl methyl sites for hydroxylation is 3. The molecular weight excluding hydrogens is 320 g/mol. The van der Waals surface area contributed by atoms with E-state index in [4.69, 9.17) is 0 Å². The van der Waals surface area contributed by atoms with Crippen molar-refractivity contribution in [3.63, 3.8) is 0 Å². The third kappa shape index (κ3) is 4.87. The van der Waals surface area contributed by atoms with Gasteiger partial charge in [-0.1, -0.05) is 55.0 Å². The first-order chi connectivity index (χ1) is 12.7. The maximum atomic E-state index is 12.3. The normalized spacial score (nSPS) is 14.4. The fourth-order valence-electron chi connectivity index (χ4n) is 3.79. The second-order valence-corrected chi connectivity index (χ2v) is 7.34. The van der Waals surface area contributed by atoms with Gasteiger partial charge in [0.2, 0.25) is 0 Å². The van der Waals surface area contributed by atoms with Crippen LogP contribution in [0.2, 0.25) is 0 Å². The Bertz CT molecular complexity index is 754. The van der Waals surface area contributed by atoms with E-state index < -0.39 is 0 Å². The van der Waals surface area contributed by atoms with Crippen molar-refractivity contribution in [1.82, 2.24) is 10.6 Å². The number of urea groups is 1. The van der Waals surface area contributed by atoms with Gasteiger partial charge in [0.1, 0.15) is 0 Å². The van der Waals surface area contributed by atoms with Crippen LogP contribution in [-0.2, 0) is 19.3 Å². The summed E-state index contributed by atoms with van der Waals surface area (Å²) in [6.45, 7) is 4.86. The molecule has 0 spiro atoms. The molecule has 0 radical (unpaired) electrons. The molecule has 3 heteroatoms. The van der Waals surface area contributed by atoms with Gasteiger partial charge in [-0.3, -0.25) is 0 Å². The summed E-state index contributed by atoms with van der Waals surface area (Å²) in [5, 5.41) is 6.13. The zero-order valence-electron chi connectivity index (χ0n) is 16.0. The first kappa shape index (κ1) is 18.5. The molecule has 26 heavy (non-hydrogen) atoms. The highest BCUT2D eigenvalue weighted by Gasteiger charge is 2.16. The average molecular weight is 351 g/mol. The Morgan fingerprint density at radius 3 is 2.65 bits per heavy atom. The Morgan fingerprint density at radius 2 is 1.88 bits per heavy atom. The van der Waals surface area contributed by atoms with Crippen LogP contribution in [0.15, 0.2) is 42.5 Å². The summed E-state index contributed by atoms with van der Waals surface area (Å²) < 4.78 is 0. The summed E-state index contributed by atoms with van der Waals surface area (Å²) in [6, 6.07) is 15.2. The predicted molar refractivity (Wildman–Crippen MR) is 108 cm³/mol. The molecular formula is C23H30N2O. The molecule has 0 aliphatic heterocycles. The second-order valence-electron chi connectivity index (χ2n) is 7.34. The second kappa shape index (κ2) is 8.88. The highest BCUT2D eigenvalue weighted by molar-refractivity contribution is 5.74. The van der Waals surface area contributed by atoms with Crippen LogP contribution in [0.1, 0.15) is 60.0 Å². The van der Waals surface area contributed by atoms with Gasteiger partial charge in [-0.15, -0.1) is 0 Å². The topological polar surface area (TPSA) is 41.1 Å². The molecule has 1 atom stereocenters. The number of hydrogen-bond donors (Lipinski definition) is 2. The summed E-state index contributed by atoms with van der Waals surface area (Å²) in [5.41, 5.74) is 6.69. The largest absolute Gasteiger partial charge is 0.338 e. The van der Waals surface area contributed by atoms with Crippen LogP contribution >= 0.6 is 0 Å². The van der Waals surface area contributed by atoms with Gasteiger partial charge in [-0.25, -0.2) is 4.79 Å². The van der Waals surface area contributed by atoms with Gasteiger partial charge in [0.25, 0.3) is 0 Å². The molecule has 0 saturated carbocycles. The van der Waals surface area contributed by atoms with Gasteiger partial charge in [-0.05, 0) is 67.7 Å². The smallest absolute Gasteiger partial charge is 0.315 e. The van der Waals surface area contributed by atoms with Gasteiger partial charge in [0.15, 0.2) is 0 Å². The number of carbonyl (C=O) groups is 1. The molecule has 2 amide bonds. The predicted octanol–water partition coefficient (Wildman–Crippen LogP) is 4.87. The fraction of sp³-hybridized carbons (Fsp3) is 0.435. The van der Waals surface area contributed by atoms with Crippen molar-refractivity contribution in [2.45, 2.75) is 58.4 Å². The lowest BCUT2D eigenvalue weighted by Crippen LogP contribution is -2.38. The third-order valence-electron chi connectivity index (χ3n) is 5.27. The molecule has 2 N–H and O–H groups in total. The summed E-state index contributed by atoms with van der Waals surface area (Å²) in [6.07, 6.45) is 6.68. The molecule has 1 aliphatic rings. The number of amides is 2. The summed E-state index contributed by atoms with van der Waals surface area (Å²) in [7, 11) is 0. The van der Waals surface area contributed by atoms with Gasteiger partial charge < -0.3 is 10.6 Å². The van der Waals surface area contributed by atoms with E-state index in [1.165, 1.54) is 53.5 Å². The number of hydrogen-bond acceptors (Lipinski definition) is 1. The maximum absolute atomic E-state index is 12.3. The van der Waals surface area contributed by atoms with Crippen molar-refractivity contribution in [3.05, 3.63) is 70.3 Å². The van der Waals surface area contributed by atoms with Crippen molar-refractivity contribution >= 4 is 6.03 Å². The van der Waals surface area contributed by atoms with Crippen LogP contribution < -0.4 is 10.6 Å². The molecule has 1 aliphatic carbocycles. The van der Waals surface area contributed by atoms with Crippen LogP contribution in [0.3, 0.4) is 0 Å². The minimum absolute atomic E-state index is 0.0706. The highest BCUT2D eigenvalue weighted by Crippen LogP contribution is 2.26. The van der Waals surface area contributed by atoms with E-state index in [0.29, 0.717) is 6.54 Å². The van der Waals surface area contributed by atoms with Crippen molar-refractivity contribution < 1.29 is 4.79 Å². The van der Waals surface area contributed by atoms with E-state index in [2.05, 4.69) is 66.9 Å². The number of rotatable bonds is 6. The monoisotopic (exact) mass is 350 g/mol. The Labute approximate surface area is 157 Å². The van der Waals surface area contributed by atoms with E-state index >= 15 is 0 Å². The molecule has 0 saturated heterocycles. The van der Waals surface area contributed by atoms with E-state index in [9.17, 15) is 4.79 Å². The van der Waals surface area contributed by atoms with Crippen molar-refractivity contribution in [2.24, 2.45) is 0 Å². The summed E-state index contributed by atoms with van der Waals surface area (Å²) in [4.78, 5) is 12.3. The van der Waals surface area contributed by atoms with E-state index in [0.717, 1.165) is 12.8 Å². The van der Waals surface area contributed by atoms with E-state index in [1.54, 1.807) is 0 Å². The third-order valence-corrected chi connectivity index (χ3v) is 5.27. The first-order valence-electron chi connectivity index (χ1n) is 9.87. The van der Waals surface area contributed by atoms with Crippen LogP contribution in [0, 0.1) is 6.92 Å². The fourth-order valence-corrected chi connectivity index (χ4v) is 3.79. The Kier molecular flexibility index (Phi) is 6.32. The number of nitrogens with one attached hydrogen (secondary N) is 2. The van der Waals surface area contributed by atoms with Gasteiger partial charge in [0.05, 0.1) is 6.04 Å². The number of benzene rings is 2. The zero-order chi connectivity index (χ0) is 18.4. The molecule has 0 fully saturated rings. The van der Waals surface area contributed by atoms with E-state index in [-0.39, 0.29) is 12.1 Å². The summed E-state index contributed by atoms with van der Waals surface area (Å²) in [5.74, 6) is 0. The molecule has 138 valence electrons. The molecule has 0 bridgehead atoms. The SMILES string of the molecule is CCC(NC(=O)NCCc1cccc(C)c1)c1ccc2c(c1)CCCC2. The molecule has 0 aromatic heterocycles. The average Bonchev–Trinajstić information content (AvgIpc) is 2.66. The minimum Gasteiger partial charge on any atom is -0.338 e. The quantitative estimate of drug-likeness (QED) is 0.767. The maximum Gasteiger partial charge on any atom is 0.315 e. The molecule has 1 unspecified atom stereocenters. The van der Waals surface area contributed by atoms with Gasteiger partial charge in [-0.2, -0.15) is 0 Å². The van der Waals surface area contributed by atoms with Crippen molar-refractivity contribution in [2.75, 3.05) is 6.54 Å². The lowest BCUT2D eigenvalue weighted by atomic mass is 9.89. The Morgan fingerprint density at radius 1 is 1.08 bits per heavy atom. The zero-order valence-corrected chi connectivity index (χ0v) is 16.0. The molecule has 2 aromatic rings. The number of fused-ring (bicyclic) bond motifs is 1. The molecule has 3 rings (SSSR count). The molecule has 0 heterocycles. The highest BCUT2D eigenvalue weighted by atomic mass is 16.2.